The molecule has 0 fully saturated rings. The summed E-state index contributed by atoms with van der Waals surface area (Å²) in [7, 11) is 1.28. The van der Waals surface area contributed by atoms with Crippen molar-refractivity contribution in [1.29, 1.82) is 5.26 Å². The van der Waals surface area contributed by atoms with Gasteiger partial charge in [0.2, 0.25) is 0 Å². The lowest BCUT2D eigenvalue weighted by atomic mass is 10.1. The van der Waals surface area contributed by atoms with Crippen LogP contribution in [0.4, 0.5) is 13.2 Å². The Kier molecular flexibility index (Phi) is 2.55. The zero-order valence-electron chi connectivity index (χ0n) is 8.64. The van der Waals surface area contributed by atoms with E-state index in [0.717, 1.165) is 4.57 Å². The average Bonchev–Trinajstić information content (AvgIpc) is 2.50. The van der Waals surface area contributed by atoms with Crippen molar-refractivity contribution in [3.05, 3.63) is 34.5 Å². The van der Waals surface area contributed by atoms with E-state index in [-0.39, 0.29) is 5.39 Å². The molecule has 88 valence electrons. The molecule has 1 heterocycles. The van der Waals surface area contributed by atoms with Crippen LogP contribution in [0.2, 0.25) is 5.02 Å². The number of aromatic nitrogens is 1. The number of halogens is 4. The van der Waals surface area contributed by atoms with E-state index in [0.29, 0.717) is 10.5 Å². The van der Waals surface area contributed by atoms with Gasteiger partial charge in [-0.1, -0.05) is 11.6 Å². The molecule has 0 aliphatic rings. The summed E-state index contributed by atoms with van der Waals surface area (Å²) in [5.41, 5.74) is -1.01. The van der Waals surface area contributed by atoms with Crippen LogP contribution in [0, 0.1) is 11.3 Å². The fourth-order valence-corrected chi connectivity index (χ4v) is 2.03. The Morgan fingerprint density at radius 3 is 2.53 bits per heavy atom. The topological polar surface area (TPSA) is 28.7 Å². The molecule has 0 saturated carbocycles. The second kappa shape index (κ2) is 3.67. The van der Waals surface area contributed by atoms with Gasteiger partial charge in [0.05, 0.1) is 5.56 Å². The monoisotopic (exact) mass is 258 g/mol. The zero-order chi connectivity index (χ0) is 12.8. The number of nitrogens with zero attached hydrogens (tertiary/aromatic N) is 2. The first-order chi connectivity index (χ1) is 7.86. The van der Waals surface area contributed by atoms with Gasteiger partial charge in [0.15, 0.2) is 0 Å². The molecule has 1 aromatic heterocycles. The van der Waals surface area contributed by atoms with Crippen LogP contribution >= 0.6 is 11.6 Å². The minimum absolute atomic E-state index is 0.217. The fraction of sp³-hybridized carbons (Fsp3) is 0.182. The quantitative estimate of drug-likeness (QED) is 0.708. The number of fused-ring (bicyclic) bond motifs is 1. The molecule has 0 saturated heterocycles. The van der Waals surface area contributed by atoms with Gasteiger partial charge in [0.1, 0.15) is 11.8 Å². The summed E-state index contributed by atoms with van der Waals surface area (Å²) in [6.45, 7) is 0. The minimum atomic E-state index is -4.56. The molecule has 0 radical (unpaired) electrons. The molecule has 0 N–H and O–H groups in total. The molecule has 2 aromatic rings. The third-order valence-electron chi connectivity index (χ3n) is 2.54. The summed E-state index contributed by atoms with van der Waals surface area (Å²) in [6.07, 6.45) is -4.56. The molecular formula is C11H6ClF3N2. The lowest BCUT2D eigenvalue weighted by Crippen LogP contribution is -2.12. The van der Waals surface area contributed by atoms with E-state index in [1.165, 1.54) is 25.2 Å². The van der Waals surface area contributed by atoms with Crippen LogP contribution in [0.25, 0.3) is 10.9 Å². The molecule has 17 heavy (non-hydrogen) atoms. The second-order valence-corrected chi connectivity index (χ2v) is 3.99. The summed E-state index contributed by atoms with van der Waals surface area (Å²) in [5, 5.41) is 9.39. The van der Waals surface area contributed by atoms with E-state index in [9.17, 15) is 13.2 Å². The molecule has 1 aromatic carbocycles. The van der Waals surface area contributed by atoms with Gasteiger partial charge in [-0.3, -0.25) is 0 Å². The highest BCUT2D eigenvalue weighted by molar-refractivity contribution is 6.31. The Labute approximate surface area is 99.8 Å². The number of hydrogen-bond acceptors (Lipinski definition) is 1. The Morgan fingerprint density at radius 1 is 1.35 bits per heavy atom. The number of aryl methyl sites for hydroxylation is 1. The normalized spacial score (nSPS) is 11.8. The van der Waals surface area contributed by atoms with Crippen molar-refractivity contribution < 1.29 is 13.2 Å². The third-order valence-corrected chi connectivity index (χ3v) is 2.78. The smallest absolute Gasteiger partial charge is 0.339 e. The van der Waals surface area contributed by atoms with E-state index in [2.05, 4.69) is 0 Å². The highest BCUT2D eigenvalue weighted by atomic mass is 35.5. The van der Waals surface area contributed by atoms with Gasteiger partial charge in [-0.15, -0.1) is 0 Å². The first-order valence-electron chi connectivity index (χ1n) is 4.61. The Morgan fingerprint density at radius 2 is 2.00 bits per heavy atom. The minimum Gasteiger partial charge on any atom is -0.339 e. The van der Waals surface area contributed by atoms with Gasteiger partial charge >= 0.3 is 6.18 Å². The molecule has 0 amide bonds. The van der Waals surface area contributed by atoms with Crippen molar-refractivity contribution in [3.63, 3.8) is 0 Å². The summed E-state index contributed by atoms with van der Waals surface area (Å²) in [5.74, 6) is 0. The maximum Gasteiger partial charge on any atom is 0.432 e. The first kappa shape index (κ1) is 11.8. The summed E-state index contributed by atoms with van der Waals surface area (Å²) >= 11 is 5.72. The highest BCUT2D eigenvalue weighted by Gasteiger charge is 2.38. The number of hydrogen-bond donors (Lipinski definition) is 0. The van der Waals surface area contributed by atoms with Gasteiger partial charge in [-0.25, -0.2) is 0 Å². The summed E-state index contributed by atoms with van der Waals surface area (Å²) in [6, 6.07) is 5.92. The van der Waals surface area contributed by atoms with E-state index in [1.807, 2.05) is 0 Å². The van der Waals surface area contributed by atoms with Gasteiger partial charge in [0.25, 0.3) is 0 Å². The lowest BCUT2D eigenvalue weighted by Gasteiger charge is -2.08. The van der Waals surface area contributed by atoms with Crippen LogP contribution < -0.4 is 0 Å². The van der Waals surface area contributed by atoms with E-state index in [1.54, 1.807) is 6.07 Å². The molecule has 0 atom stereocenters. The number of rotatable bonds is 0. The van der Waals surface area contributed by atoms with Crippen LogP contribution in [0.1, 0.15) is 11.3 Å². The molecule has 2 nitrogen and oxygen atoms in total. The fourth-order valence-electron chi connectivity index (χ4n) is 1.86. The van der Waals surface area contributed by atoms with Gasteiger partial charge in [0, 0.05) is 23.0 Å². The molecule has 0 aliphatic heterocycles. The Bertz CT molecular complexity index is 635. The number of benzene rings is 1. The molecule has 0 unspecified atom stereocenters. The lowest BCUT2D eigenvalue weighted by molar-refractivity contribution is -0.143. The Balaban J connectivity index is 2.96. The predicted octanol–water partition coefficient (Wildman–Crippen LogP) is 3.72. The SMILES string of the molecule is Cn1c(C(F)(F)F)c(C#N)c2cc(Cl)ccc21. The van der Waals surface area contributed by atoms with Crippen LogP contribution in [-0.2, 0) is 13.2 Å². The summed E-state index contributed by atoms with van der Waals surface area (Å²) in [4.78, 5) is 0. The standard InChI is InChI=1S/C11H6ClF3N2/c1-17-9-3-2-6(12)4-7(9)8(5-16)10(17)11(13,14)15/h2-4H,1H3. The van der Waals surface area contributed by atoms with Crippen molar-refractivity contribution in [2.75, 3.05) is 0 Å². The van der Waals surface area contributed by atoms with E-state index in [4.69, 9.17) is 16.9 Å². The van der Waals surface area contributed by atoms with Crippen molar-refractivity contribution in [2.24, 2.45) is 7.05 Å². The van der Waals surface area contributed by atoms with Crippen molar-refractivity contribution in [2.45, 2.75) is 6.18 Å². The number of nitriles is 1. The van der Waals surface area contributed by atoms with Gasteiger partial charge < -0.3 is 4.57 Å². The second-order valence-electron chi connectivity index (χ2n) is 3.55. The third kappa shape index (κ3) is 1.75. The molecule has 0 spiro atoms. The highest BCUT2D eigenvalue weighted by Crippen LogP contribution is 2.37. The molecule has 0 bridgehead atoms. The predicted molar refractivity (Wildman–Crippen MR) is 57.6 cm³/mol. The Hall–Kier alpha value is -1.67. The first-order valence-corrected chi connectivity index (χ1v) is 4.99. The number of alkyl halides is 3. The van der Waals surface area contributed by atoms with Gasteiger partial charge in [-0.05, 0) is 18.2 Å². The van der Waals surface area contributed by atoms with Crippen molar-refractivity contribution in [1.82, 2.24) is 4.57 Å². The van der Waals surface area contributed by atoms with E-state index >= 15 is 0 Å². The van der Waals surface area contributed by atoms with Crippen molar-refractivity contribution in [3.8, 4) is 6.07 Å². The van der Waals surface area contributed by atoms with Crippen LogP contribution in [0.3, 0.4) is 0 Å². The molecule has 0 aliphatic carbocycles. The van der Waals surface area contributed by atoms with Crippen LogP contribution in [-0.4, -0.2) is 4.57 Å². The average molecular weight is 259 g/mol. The molecule has 6 heteroatoms. The molecular weight excluding hydrogens is 253 g/mol. The van der Waals surface area contributed by atoms with E-state index < -0.39 is 17.4 Å². The van der Waals surface area contributed by atoms with Gasteiger partial charge in [-0.2, -0.15) is 18.4 Å². The van der Waals surface area contributed by atoms with Crippen LogP contribution in [0.15, 0.2) is 18.2 Å². The van der Waals surface area contributed by atoms with Crippen LogP contribution in [0.5, 0.6) is 0 Å². The van der Waals surface area contributed by atoms with Crippen molar-refractivity contribution >= 4 is 22.5 Å². The molecule has 2 rings (SSSR count). The largest absolute Gasteiger partial charge is 0.432 e. The zero-order valence-corrected chi connectivity index (χ0v) is 9.39. The maximum atomic E-state index is 12.8. The maximum absolute atomic E-state index is 12.8. The summed E-state index contributed by atoms with van der Waals surface area (Å²) < 4.78 is 39.5.